The third kappa shape index (κ3) is 3.70. The second-order valence-corrected chi connectivity index (χ2v) is 6.78. The van der Waals surface area contributed by atoms with Crippen molar-refractivity contribution in [3.8, 4) is 11.1 Å². The number of ether oxygens (including phenoxy) is 1. The Bertz CT molecular complexity index is 792. The summed E-state index contributed by atoms with van der Waals surface area (Å²) < 4.78 is 48.9. The average Bonchev–Trinajstić information content (AvgIpc) is 2.66. The fourth-order valence-corrected chi connectivity index (χ4v) is 3.43. The Balaban J connectivity index is 1.86. The molecule has 0 radical (unpaired) electrons. The van der Waals surface area contributed by atoms with Crippen LogP contribution in [0.15, 0.2) is 43.0 Å². The highest BCUT2D eigenvalue weighted by molar-refractivity contribution is 5.65. The number of hydrogen-bond donors (Lipinski definition) is 0. The number of halogens is 3. The Hall–Kier alpha value is -2.07. The smallest absolute Gasteiger partial charge is 0.166 e. The molecular formula is C22H23F3O. The van der Waals surface area contributed by atoms with E-state index in [-0.39, 0.29) is 11.7 Å². The molecule has 1 aliphatic rings. The third-order valence-electron chi connectivity index (χ3n) is 4.98. The zero-order chi connectivity index (χ0) is 18.7. The Kier molecular flexibility index (Phi) is 5.82. The van der Waals surface area contributed by atoms with Crippen LogP contribution in [0, 0.1) is 23.4 Å². The summed E-state index contributed by atoms with van der Waals surface area (Å²) in [6.07, 6.45) is 4.35. The summed E-state index contributed by atoms with van der Waals surface area (Å²) in [7, 11) is 0. The lowest BCUT2D eigenvalue weighted by molar-refractivity contribution is -0.00700. The van der Waals surface area contributed by atoms with Crippen molar-refractivity contribution in [3.63, 3.8) is 0 Å². The van der Waals surface area contributed by atoms with Gasteiger partial charge in [-0.05, 0) is 36.5 Å². The van der Waals surface area contributed by atoms with E-state index >= 15 is 0 Å². The van der Waals surface area contributed by atoms with Gasteiger partial charge in [0.2, 0.25) is 0 Å². The van der Waals surface area contributed by atoms with E-state index in [0.29, 0.717) is 42.1 Å². The quantitative estimate of drug-likeness (QED) is 0.562. The average molecular weight is 360 g/mol. The van der Waals surface area contributed by atoms with E-state index in [0.717, 1.165) is 12.8 Å². The predicted molar refractivity (Wildman–Crippen MR) is 97.4 cm³/mol. The molecule has 2 atom stereocenters. The van der Waals surface area contributed by atoms with Crippen molar-refractivity contribution in [3.05, 3.63) is 71.6 Å². The molecule has 4 heteroatoms. The number of rotatable bonds is 5. The van der Waals surface area contributed by atoms with E-state index in [4.69, 9.17) is 4.74 Å². The summed E-state index contributed by atoms with van der Waals surface area (Å²) in [5, 5.41) is 0. The van der Waals surface area contributed by atoms with Crippen LogP contribution in [0.2, 0.25) is 0 Å². The van der Waals surface area contributed by atoms with Gasteiger partial charge >= 0.3 is 0 Å². The Morgan fingerprint density at radius 3 is 2.54 bits per heavy atom. The van der Waals surface area contributed by atoms with Gasteiger partial charge in [-0.1, -0.05) is 43.7 Å². The Labute approximate surface area is 152 Å². The molecule has 0 spiro atoms. The van der Waals surface area contributed by atoms with Gasteiger partial charge in [0, 0.05) is 17.0 Å². The Morgan fingerprint density at radius 2 is 1.92 bits per heavy atom. The van der Waals surface area contributed by atoms with Crippen molar-refractivity contribution in [2.75, 3.05) is 6.61 Å². The van der Waals surface area contributed by atoms with Crippen LogP contribution in [0.5, 0.6) is 0 Å². The molecule has 138 valence electrons. The minimum absolute atomic E-state index is 0.0732. The van der Waals surface area contributed by atoms with Gasteiger partial charge in [-0.15, -0.1) is 6.58 Å². The second-order valence-electron chi connectivity index (χ2n) is 6.78. The molecule has 1 fully saturated rings. The van der Waals surface area contributed by atoms with Crippen LogP contribution in [0.3, 0.4) is 0 Å². The van der Waals surface area contributed by atoms with Crippen molar-refractivity contribution >= 4 is 0 Å². The summed E-state index contributed by atoms with van der Waals surface area (Å²) in [5.74, 6) is -1.93. The van der Waals surface area contributed by atoms with Crippen LogP contribution < -0.4 is 0 Å². The zero-order valence-electron chi connectivity index (χ0n) is 14.9. The van der Waals surface area contributed by atoms with Crippen LogP contribution in [0.25, 0.3) is 11.1 Å². The highest BCUT2D eigenvalue weighted by Crippen LogP contribution is 2.35. The fourth-order valence-electron chi connectivity index (χ4n) is 3.43. The van der Waals surface area contributed by atoms with Crippen molar-refractivity contribution in [2.24, 2.45) is 5.92 Å². The zero-order valence-corrected chi connectivity index (χ0v) is 14.9. The van der Waals surface area contributed by atoms with Crippen molar-refractivity contribution in [1.82, 2.24) is 0 Å². The molecule has 1 aliphatic heterocycles. The maximum atomic E-state index is 14.6. The van der Waals surface area contributed by atoms with Crippen LogP contribution >= 0.6 is 0 Å². The van der Waals surface area contributed by atoms with Crippen LogP contribution in [0.1, 0.15) is 43.4 Å². The van der Waals surface area contributed by atoms with E-state index in [1.165, 1.54) is 12.1 Å². The standard InChI is InChI=1S/C22H23F3O/c1-3-5-15-7-9-17(22(25)21(15)24)16-8-10-18(19(23)12-16)20-11-6-14(4-2)13-26-20/h4,7-10,12,14,20H,2-3,5-6,11,13H2,1H3. The normalized spacial score (nSPS) is 20.2. The van der Waals surface area contributed by atoms with E-state index in [9.17, 15) is 13.2 Å². The van der Waals surface area contributed by atoms with E-state index in [1.807, 2.05) is 13.0 Å². The molecule has 3 rings (SSSR count). The van der Waals surface area contributed by atoms with Gasteiger partial charge in [-0.3, -0.25) is 0 Å². The molecule has 2 aromatic rings. The molecule has 26 heavy (non-hydrogen) atoms. The highest BCUT2D eigenvalue weighted by Gasteiger charge is 2.24. The van der Waals surface area contributed by atoms with Crippen molar-refractivity contribution in [2.45, 2.75) is 38.7 Å². The molecule has 0 aliphatic carbocycles. The summed E-state index contributed by atoms with van der Waals surface area (Å²) in [6, 6.07) is 7.58. The van der Waals surface area contributed by atoms with Crippen LogP contribution in [0.4, 0.5) is 13.2 Å². The van der Waals surface area contributed by atoms with Gasteiger partial charge < -0.3 is 4.74 Å². The number of benzene rings is 2. The highest BCUT2D eigenvalue weighted by atomic mass is 19.2. The molecule has 1 nitrogen and oxygen atoms in total. The lowest BCUT2D eigenvalue weighted by atomic mass is 9.93. The van der Waals surface area contributed by atoms with Gasteiger partial charge in [-0.2, -0.15) is 0 Å². The van der Waals surface area contributed by atoms with Gasteiger partial charge in [0.1, 0.15) is 5.82 Å². The molecule has 2 aromatic carbocycles. The molecule has 0 aromatic heterocycles. The molecule has 2 unspecified atom stereocenters. The largest absolute Gasteiger partial charge is 0.373 e. The van der Waals surface area contributed by atoms with Gasteiger partial charge in [-0.25, -0.2) is 13.2 Å². The van der Waals surface area contributed by atoms with Crippen LogP contribution in [-0.2, 0) is 11.2 Å². The van der Waals surface area contributed by atoms with Gasteiger partial charge in [0.25, 0.3) is 0 Å². The monoisotopic (exact) mass is 360 g/mol. The summed E-state index contributed by atoms with van der Waals surface area (Å²) in [4.78, 5) is 0. The number of aryl methyl sites for hydroxylation is 1. The lowest BCUT2D eigenvalue weighted by Crippen LogP contribution is -2.19. The van der Waals surface area contributed by atoms with Gasteiger partial charge in [0.05, 0.1) is 12.7 Å². The lowest BCUT2D eigenvalue weighted by Gasteiger charge is -2.28. The first-order valence-corrected chi connectivity index (χ1v) is 9.06. The van der Waals surface area contributed by atoms with Crippen molar-refractivity contribution in [1.29, 1.82) is 0 Å². The topological polar surface area (TPSA) is 9.23 Å². The SMILES string of the molecule is C=CC1CCC(c2ccc(-c3ccc(CCC)c(F)c3F)cc2F)OC1. The molecule has 0 N–H and O–H groups in total. The molecule has 1 heterocycles. The minimum Gasteiger partial charge on any atom is -0.373 e. The molecule has 1 saturated heterocycles. The number of hydrogen-bond acceptors (Lipinski definition) is 1. The first-order valence-electron chi connectivity index (χ1n) is 9.06. The van der Waals surface area contributed by atoms with Crippen molar-refractivity contribution < 1.29 is 17.9 Å². The molecule has 0 amide bonds. The third-order valence-corrected chi connectivity index (χ3v) is 4.98. The van der Waals surface area contributed by atoms with E-state index < -0.39 is 17.5 Å². The van der Waals surface area contributed by atoms with Gasteiger partial charge in [0.15, 0.2) is 11.6 Å². The Morgan fingerprint density at radius 1 is 1.12 bits per heavy atom. The molecule has 0 bridgehead atoms. The van der Waals surface area contributed by atoms with E-state index in [2.05, 4.69) is 6.58 Å². The minimum atomic E-state index is -0.925. The maximum absolute atomic E-state index is 14.6. The van der Waals surface area contributed by atoms with Crippen LogP contribution in [-0.4, -0.2) is 6.61 Å². The first-order chi connectivity index (χ1) is 12.5. The fraction of sp³-hybridized carbons (Fsp3) is 0.364. The molecular weight excluding hydrogens is 337 g/mol. The predicted octanol–water partition coefficient (Wildman–Crippen LogP) is 6.38. The summed E-state index contributed by atoms with van der Waals surface area (Å²) >= 11 is 0. The van der Waals surface area contributed by atoms with E-state index in [1.54, 1.807) is 18.2 Å². The summed E-state index contributed by atoms with van der Waals surface area (Å²) in [6.45, 7) is 6.19. The maximum Gasteiger partial charge on any atom is 0.166 e. The summed E-state index contributed by atoms with van der Waals surface area (Å²) in [5.41, 5.74) is 1.20. The second kappa shape index (κ2) is 8.09. The first kappa shape index (κ1) is 18.7. The molecule has 0 saturated carbocycles.